The molecule has 1 aromatic rings. The Labute approximate surface area is 97.6 Å². The van der Waals surface area contributed by atoms with Crippen molar-refractivity contribution in [2.24, 2.45) is 0 Å². The van der Waals surface area contributed by atoms with E-state index in [1.807, 2.05) is 24.3 Å². The summed E-state index contributed by atoms with van der Waals surface area (Å²) in [5.41, 5.74) is 1.89. The van der Waals surface area contributed by atoms with Gasteiger partial charge in [-0.3, -0.25) is 0 Å². The van der Waals surface area contributed by atoms with Gasteiger partial charge < -0.3 is 9.84 Å². The van der Waals surface area contributed by atoms with Crippen molar-refractivity contribution in [1.29, 1.82) is 0 Å². The van der Waals surface area contributed by atoms with Crippen LogP contribution >= 0.6 is 0 Å². The molecule has 2 nitrogen and oxygen atoms in total. The minimum atomic E-state index is -0.555. The van der Waals surface area contributed by atoms with Gasteiger partial charge in [0.2, 0.25) is 0 Å². The summed E-state index contributed by atoms with van der Waals surface area (Å²) < 4.78 is 5.25. The number of hydrogen-bond donors (Lipinski definition) is 1. The van der Waals surface area contributed by atoms with Gasteiger partial charge in [-0.15, -0.1) is 0 Å². The first-order valence-corrected chi connectivity index (χ1v) is 5.74. The SMILES string of the molecule is CC/C=C(\CC)C(O)c1ccccc1OC. The average molecular weight is 220 g/mol. The van der Waals surface area contributed by atoms with Crippen molar-refractivity contribution in [3.05, 3.63) is 41.5 Å². The third kappa shape index (κ3) is 2.86. The summed E-state index contributed by atoms with van der Waals surface area (Å²) in [6.45, 7) is 4.13. The summed E-state index contributed by atoms with van der Waals surface area (Å²) in [6.07, 6.45) is 3.32. The highest BCUT2D eigenvalue weighted by atomic mass is 16.5. The van der Waals surface area contributed by atoms with Crippen LogP contribution in [0.1, 0.15) is 38.4 Å². The van der Waals surface area contributed by atoms with Crippen molar-refractivity contribution >= 4 is 0 Å². The second kappa shape index (κ2) is 6.33. The van der Waals surface area contributed by atoms with E-state index in [1.54, 1.807) is 7.11 Å². The van der Waals surface area contributed by atoms with E-state index >= 15 is 0 Å². The normalized spacial score (nSPS) is 13.6. The lowest BCUT2D eigenvalue weighted by Gasteiger charge is -2.17. The first-order chi connectivity index (χ1) is 7.74. The molecule has 0 fully saturated rings. The van der Waals surface area contributed by atoms with Crippen molar-refractivity contribution in [1.82, 2.24) is 0 Å². The lowest BCUT2D eigenvalue weighted by molar-refractivity contribution is 0.206. The van der Waals surface area contributed by atoms with Gasteiger partial charge in [0.05, 0.1) is 7.11 Å². The number of aliphatic hydroxyl groups is 1. The molecule has 0 spiro atoms. The maximum atomic E-state index is 10.3. The fourth-order valence-electron chi connectivity index (χ4n) is 1.80. The van der Waals surface area contributed by atoms with Crippen LogP contribution in [0.3, 0.4) is 0 Å². The van der Waals surface area contributed by atoms with Crippen molar-refractivity contribution in [2.75, 3.05) is 7.11 Å². The second-order valence-corrected chi connectivity index (χ2v) is 3.69. The van der Waals surface area contributed by atoms with E-state index in [2.05, 4.69) is 19.9 Å². The molecule has 2 heteroatoms. The molecule has 0 heterocycles. The quantitative estimate of drug-likeness (QED) is 0.770. The van der Waals surface area contributed by atoms with Gasteiger partial charge in [-0.2, -0.15) is 0 Å². The fraction of sp³-hybridized carbons (Fsp3) is 0.429. The van der Waals surface area contributed by atoms with Crippen molar-refractivity contribution in [3.63, 3.8) is 0 Å². The molecule has 0 aliphatic heterocycles. The smallest absolute Gasteiger partial charge is 0.124 e. The van der Waals surface area contributed by atoms with Crippen molar-refractivity contribution in [2.45, 2.75) is 32.8 Å². The molecule has 88 valence electrons. The van der Waals surface area contributed by atoms with Crippen LogP contribution in [0.5, 0.6) is 5.75 Å². The van der Waals surface area contributed by atoms with E-state index in [4.69, 9.17) is 4.74 Å². The molecular formula is C14H20O2. The van der Waals surface area contributed by atoms with Gasteiger partial charge in [0.15, 0.2) is 0 Å². The third-order valence-electron chi connectivity index (χ3n) is 2.66. The highest BCUT2D eigenvalue weighted by molar-refractivity contribution is 5.38. The highest BCUT2D eigenvalue weighted by Gasteiger charge is 2.15. The molecule has 1 aromatic carbocycles. The molecule has 1 N–H and O–H groups in total. The summed E-state index contributed by atoms with van der Waals surface area (Å²) in [6, 6.07) is 7.60. The largest absolute Gasteiger partial charge is 0.496 e. The molecule has 0 aliphatic rings. The van der Waals surface area contributed by atoms with Crippen LogP contribution in [0, 0.1) is 0 Å². The third-order valence-corrected chi connectivity index (χ3v) is 2.66. The Bertz CT molecular complexity index is 356. The molecule has 0 bridgehead atoms. The zero-order valence-electron chi connectivity index (χ0n) is 10.2. The van der Waals surface area contributed by atoms with E-state index in [0.717, 1.165) is 29.7 Å². The van der Waals surface area contributed by atoms with Crippen molar-refractivity contribution < 1.29 is 9.84 Å². The number of ether oxygens (including phenoxy) is 1. The number of methoxy groups -OCH3 is 1. The Kier molecular flexibility index (Phi) is 5.06. The van der Waals surface area contributed by atoms with E-state index in [0.29, 0.717) is 0 Å². The van der Waals surface area contributed by atoms with Gasteiger partial charge in [-0.05, 0) is 24.5 Å². The minimum Gasteiger partial charge on any atom is -0.496 e. The fourth-order valence-corrected chi connectivity index (χ4v) is 1.80. The number of rotatable bonds is 5. The van der Waals surface area contributed by atoms with E-state index in [1.165, 1.54) is 0 Å². The summed E-state index contributed by atoms with van der Waals surface area (Å²) in [7, 11) is 1.63. The predicted molar refractivity (Wildman–Crippen MR) is 66.6 cm³/mol. The van der Waals surface area contributed by atoms with Crippen LogP contribution in [-0.2, 0) is 0 Å². The van der Waals surface area contributed by atoms with Crippen molar-refractivity contribution in [3.8, 4) is 5.75 Å². The molecule has 16 heavy (non-hydrogen) atoms. The van der Waals surface area contributed by atoms with Crippen LogP contribution in [0.2, 0.25) is 0 Å². The van der Waals surface area contributed by atoms with Gasteiger partial charge in [0.1, 0.15) is 11.9 Å². The highest BCUT2D eigenvalue weighted by Crippen LogP contribution is 2.31. The molecule has 0 saturated heterocycles. The molecule has 0 amide bonds. The molecule has 1 atom stereocenters. The Morgan fingerprint density at radius 2 is 2.06 bits per heavy atom. The van der Waals surface area contributed by atoms with Crippen LogP contribution in [0.25, 0.3) is 0 Å². The van der Waals surface area contributed by atoms with Gasteiger partial charge >= 0.3 is 0 Å². The lowest BCUT2D eigenvalue weighted by atomic mass is 9.98. The number of para-hydroxylation sites is 1. The number of hydrogen-bond acceptors (Lipinski definition) is 2. The van der Waals surface area contributed by atoms with Crippen LogP contribution in [0.4, 0.5) is 0 Å². The van der Waals surface area contributed by atoms with Crippen LogP contribution in [-0.4, -0.2) is 12.2 Å². The second-order valence-electron chi connectivity index (χ2n) is 3.69. The first-order valence-electron chi connectivity index (χ1n) is 5.74. The van der Waals surface area contributed by atoms with E-state index < -0.39 is 6.10 Å². The maximum absolute atomic E-state index is 10.3. The molecule has 1 unspecified atom stereocenters. The lowest BCUT2D eigenvalue weighted by Crippen LogP contribution is -2.03. The van der Waals surface area contributed by atoms with Gasteiger partial charge in [-0.1, -0.05) is 38.1 Å². The number of benzene rings is 1. The molecule has 1 rings (SSSR count). The first kappa shape index (κ1) is 12.8. The maximum Gasteiger partial charge on any atom is 0.124 e. The minimum absolute atomic E-state index is 0.555. The van der Waals surface area contributed by atoms with E-state index in [9.17, 15) is 5.11 Å². The zero-order valence-corrected chi connectivity index (χ0v) is 10.2. The average Bonchev–Trinajstić information content (AvgIpc) is 2.35. The molecule has 0 aliphatic carbocycles. The van der Waals surface area contributed by atoms with Gasteiger partial charge in [0, 0.05) is 5.56 Å². The number of allylic oxidation sites excluding steroid dienone is 1. The monoisotopic (exact) mass is 220 g/mol. The Balaban J connectivity index is 3.03. The van der Waals surface area contributed by atoms with Crippen LogP contribution in [0.15, 0.2) is 35.9 Å². The molecule has 0 aromatic heterocycles. The summed E-state index contributed by atoms with van der Waals surface area (Å²) in [5, 5.41) is 10.3. The van der Waals surface area contributed by atoms with Crippen LogP contribution < -0.4 is 4.74 Å². The molecule has 0 saturated carbocycles. The molecule has 0 radical (unpaired) electrons. The van der Waals surface area contributed by atoms with E-state index in [-0.39, 0.29) is 0 Å². The predicted octanol–water partition coefficient (Wildman–Crippen LogP) is 3.48. The topological polar surface area (TPSA) is 29.5 Å². The Hall–Kier alpha value is -1.28. The standard InChI is InChI=1S/C14H20O2/c1-4-8-11(5-2)14(15)12-9-6-7-10-13(12)16-3/h6-10,14-15H,4-5H2,1-3H3/b11-8+. The summed E-state index contributed by atoms with van der Waals surface area (Å²) in [4.78, 5) is 0. The summed E-state index contributed by atoms with van der Waals surface area (Å²) >= 11 is 0. The molecular weight excluding hydrogens is 200 g/mol. The Morgan fingerprint density at radius 3 is 2.62 bits per heavy atom. The zero-order chi connectivity index (χ0) is 12.0. The Morgan fingerprint density at radius 1 is 1.38 bits per heavy atom. The van der Waals surface area contributed by atoms with Gasteiger partial charge in [-0.25, -0.2) is 0 Å². The summed E-state index contributed by atoms with van der Waals surface area (Å²) in [5.74, 6) is 0.741. The van der Waals surface area contributed by atoms with Gasteiger partial charge in [0.25, 0.3) is 0 Å². The number of aliphatic hydroxyl groups excluding tert-OH is 1.